The molecule has 3 aromatic rings. The number of carbonyl (C=O) groups is 4. The summed E-state index contributed by atoms with van der Waals surface area (Å²) in [7, 11) is 0. The van der Waals surface area contributed by atoms with Crippen molar-refractivity contribution in [3.63, 3.8) is 0 Å². The number of carbonyl (C=O) groups excluding carboxylic acids is 4. The lowest BCUT2D eigenvalue weighted by molar-refractivity contribution is -0.138. The van der Waals surface area contributed by atoms with E-state index >= 15 is 0 Å². The Hall–Kier alpha value is -5.60. The first-order valence-electron chi connectivity index (χ1n) is 18.8. The van der Waals surface area contributed by atoms with Crippen molar-refractivity contribution >= 4 is 63.7 Å². The largest absolute Gasteiger partial charge is 0.490 e. The quantitative estimate of drug-likeness (QED) is 0.171. The lowest BCUT2D eigenvalue weighted by Crippen LogP contribution is -2.49. The molecular formula is C40H41F3N8O5S. The molecule has 0 spiro atoms. The van der Waals surface area contributed by atoms with Crippen LogP contribution in [0.3, 0.4) is 0 Å². The van der Waals surface area contributed by atoms with Crippen molar-refractivity contribution in [1.82, 2.24) is 15.2 Å². The fraction of sp³-hybridized carbons (Fsp3) is 0.425. The van der Waals surface area contributed by atoms with Crippen LogP contribution in [0, 0.1) is 11.3 Å². The van der Waals surface area contributed by atoms with Gasteiger partial charge in [0.05, 0.1) is 24.0 Å². The van der Waals surface area contributed by atoms with E-state index in [1.807, 2.05) is 19.1 Å². The van der Waals surface area contributed by atoms with Crippen molar-refractivity contribution < 1.29 is 37.1 Å². The summed E-state index contributed by atoms with van der Waals surface area (Å²) in [5.41, 5.74) is -0.815. The van der Waals surface area contributed by atoms with Crippen LogP contribution in [-0.2, 0) is 31.8 Å². The van der Waals surface area contributed by atoms with Crippen LogP contribution in [0.2, 0.25) is 0 Å². The smallest absolute Gasteiger partial charge is 0.419 e. The lowest BCUT2D eigenvalue weighted by Gasteiger charge is -2.38. The number of aryl methyl sites for hydroxylation is 1. The first-order chi connectivity index (χ1) is 27.1. The Morgan fingerprint density at radius 1 is 1.05 bits per heavy atom. The Labute approximate surface area is 332 Å². The summed E-state index contributed by atoms with van der Waals surface area (Å²) in [5, 5.41) is 17.6. The van der Waals surface area contributed by atoms with Gasteiger partial charge < -0.3 is 20.3 Å². The predicted molar refractivity (Wildman–Crippen MR) is 208 cm³/mol. The maximum absolute atomic E-state index is 13.8. The van der Waals surface area contributed by atoms with Gasteiger partial charge in [-0.1, -0.05) is 13.0 Å². The highest BCUT2D eigenvalue weighted by molar-refractivity contribution is 7.81. The molecule has 4 saturated heterocycles. The van der Waals surface area contributed by atoms with Gasteiger partial charge in [-0.2, -0.15) is 18.4 Å². The normalized spacial score (nSPS) is 23.3. The van der Waals surface area contributed by atoms with Crippen LogP contribution in [0.5, 0.6) is 5.75 Å². The molecule has 2 aromatic carbocycles. The van der Waals surface area contributed by atoms with Crippen molar-refractivity contribution in [2.75, 3.05) is 27.0 Å². The molecule has 298 valence electrons. The van der Waals surface area contributed by atoms with E-state index in [0.717, 1.165) is 48.4 Å². The molecule has 17 heteroatoms. The van der Waals surface area contributed by atoms with Gasteiger partial charge in [-0.25, -0.2) is 4.98 Å². The van der Waals surface area contributed by atoms with Gasteiger partial charge >= 0.3 is 6.18 Å². The van der Waals surface area contributed by atoms with Gasteiger partial charge in [-0.3, -0.25) is 34.3 Å². The second-order valence-corrected chi connectivity index (χ2v) is 15.6. The minimum Gasteiger partial charge on any atom is -0.490 e. The van der Waals surface area contributed by atoms with Gasteiger partial charge in [0, 0.05) is 35.6 Å². The number of thiocarbonyl (C=S) groups is 1. The molecule has 57 heavy (non-hydrogen) atoms. The number of halogens is 3. The summed E-state index contributed by atoms with van der Waals surface area (Å²) in [6.07, 6.45) is 0.654. The number of pyridine rings is 1. The lowest BCUT2D eigenvalue weighted by atomic mass is 9.99. The zero-order valence-corrected chi connectivity index (χ0v) is 32.3. The third-order valence-corrected chi connectivity index (χ3v) is 11.4. The minimum absolute atomic E-state index is 0.0232. The highest BCUT2D eigenvalue weighted by Gasteiger charge is 2.51. The van der Waals surface area contributed by atoms with Crippen molar-refractivity contribution in [1.29, 1.82) is 5.26 Å². The van der Waals surface area contributed by atoms with Crippen LogP contribution in [-0.4, -0.2) is 74.9 Å². The van der Waals surface area contributed by atoms with E-state index in [1.54, 1.807) is 49.1 Å². The summed E-state index contributed by atoms with van der Waals surface area (Å²) in [6.45, 7) is 5.48. The molecule has 2 unspecified atom stereocenters. The van der Waals surface area contributed by atoms with Crippen molar-refractivity contribution in [2.45, 2.75) is 102 Å². The Balaban J connectivity index is 0.992. The highest BCUT2D eigenvalue weighted by Crippen LogP contribution is 2.42. The topological polar surface area (TPSA) is 160 Å². The van der Waals surface area contributed by atoms with Gasteiger partial charge in [0.1, 0.15) is 29.5 Å². The van der Waals surface area contributed by atoms with Gasteiger partial charge in [-0.15, -0.1) is 0 Å². The zero-order chi connectivity index (χ0) is 40.8. The van der Waals surface area contributed by atoms with E-state index in [1.165, 1.54) is 6.07 Å². The number of alkyl halides is 3. The van der Waals surface area contributed by atoms with Crippen LogP contribution >= 0.6 is 12.2 Å². The Morgan fingerprint density at radius 3 is 2.44 bits per heavy atom. The number of piperidine rings is 2. The predicted octanol–water partition coefficient (Wildman–Crippen LogP) is 5.68. The first kappa shape index (κ1) is 39.6. The molecule has 7 rings (SSSR count). The Kier molecular flexibility index (Phi) is 10.7. The molecule has 0 radical (unpaired) electrons. The highest BCUT2D eigenvalue weighted by atomic mass is 32.1. The molecule has 4 aliphatic rings. The summed E-state index contributed by atoms with van der Waals surface area (Å²) >= 11 is 5.71. The average Bonchev–Trinajstić information content (AvgIpc) is 3.48. The number of nitrogens with zero attached hydrogens (tertiary/aromatic N) is 5. The van der Waals surface area contributed by atoms with Crippen LogP contribution in [0.1, 0.15) is 76.1 Å². The number of benzene rings is 2. The van der Waals surface area contributed by atoms with E-state index in [0.29, 0.717) is 35.7 Å². The minimum atomic E-state index is -4.86. The van der Waals surface area contributed by atoms with Crippen LogP contribution < -0.4 is 30.5 Å². The number of aromatic nitrogens is 1. The summed E-state index contributed by atoms with van der Waals surface area (Å²) in [4.78, 5) is 59.2. The number of amides is 4. The van der Waals surface area contributed by atoms with Crippen LogP contribution in [0.15, 0.2) is 54.7 Å². The van der Waals surface area contributed by atoms with Crippen molar-refractivity contribution in [3.05, 3.63) is 71.5 Å². The number of anilines is 4. The molecule has 5 heterocycles. The number of nitriles is 1. The van der Waals surface area contributed by atoms with E-state index < -0.39 is 34.9 Å². The molecule has 1 aromatic heterocycles. The van der Waals surface area contributed by atoms with Crippen LogP contribution in [0.25, 0.3) is 0 Å². The van der Waals surface area contributed by atoms with E-state index in [9.17, 15) is 37.6 Å². The van der Waals surface area contributed by atoms with E-state index in [2.05, 4.69) is 25.8 Å². The fourth-order valence-corrected chi connectivity index (χ4v) is 8.80. The SMILES string of the molecule is CCc1cc(N2C(=S)N(c3cnc(C#N)c(C(F)(F)F)c3)C(=O)C2(C)C)ccc1OC1C[C@H]2CC[C@@H](C1)N2CC(=O)Nc1cccc(NC2CCC(=O)NC2=O)c1. The van der Waals surface area contributed by atoms with E-state index in [-0.39, 0.29) is 59.7 Å². The molecule has 4 atom stereocenters. The number of imide groups is 1. The molecule has 4 amide bonds. The maximum atomic E-state index is 13.8. The summed E-state index contributed by atoms with van der Waals surface area (Å²) in [5.74, 6) is -0.674. The monoisotopic (exact) mass is 802 g/mol. The zero-order valence-electron chi connectivity index (χ0n) is 31.5. The van der Waals surface area contributed by atoms with E-state index in [4.69, 9.17) is 17.0 Å². The molecule has 3 N–H and O–H groups in total. The standard InChI is InChI=1S/C40H41F3N8O5S/c1-4-22-14-27(51-38(57)50(37(55)39(51,2)3)28-18-30(40(41,42)43)32(19-44)45-20-28)10-12-33(22)56-29-16-25-8-9-26(17-29)49(25)21-35(53)47-24-7-5-6-23(15-24)46-31-11-13-34(52)48-36(31)54/h5-7,10,12,14-15,18,20,25-26,29,31,46H,4,8-9,11,13,16-17,21H2,1-3H3,(H,47,53)(H,48,52,54)/t25-,26+,29?,31?. The van der Waals surface area contributed by atoms with Gasteiger partial charge in [-0.05, 0) is 113 Å². The molecule has 13 nitrogen and oxygen atoms in total. The molecular weight excluding hydrogens is 762 g/mol. The number of nitrogens with one attached hydrogen (secondary N) is 3. The Morgan fingerprint density at radius 2 is 1.77 bits per heavy atom. The molecule has 2 bridgehead atoms. The number of rotatable bonds is 10. The van der Waals surface area contributed by atoms with Crippen molar-refractivity contribution in [2.24, 2.45) is 0 Å². The Bertz CT molecular complexity index is 2180. The van der Waals surface area contributed by atoms with Gasteiger partial charge in [0.25, 0.3) is 5.91 Å². The second-order valence-electron chi connectivity index (χ2n) is 15.2. The van der Waals surface area contributed by atoms with Crippen LogP contribution in [0.4, 0.5) is 35.9 Å². The molecule has 4 fully saturated rings. The third kappa shape index (κ3) is 7.88. The maximum Gasteiger partial charge on any atom is 0.419 e. The number of hydrogen-bond acceptors (Lipinski definition) is 10. The fourth-order valence-electron chi connectivity index (χ4n) is 8.28. The third-order valence-electron chi connectivity index (χ3n) is 11.1. The van der Waals surface area contributed by atoms with Gasteiger partial charge in [0.15, 0.2) is 10.8 Å². The van der Waals surface area contributed by atoms with Crippen molar-refractivity contribution in [3.8, 4) is 11.8 Å². The number of hydrogen-bond donors (Lipinski definition) is 3. The van der Waals surface area contributed by atoms with Gasteiger partial charge in [0.2, 0.25) is 17.7 Å². The summed E-state index contributed by atoms with van der Waals surface area (Å²) in [6, 6.07) is 14.6. The summed E-state index contributed by atoms with van der Waals surface area (Å²) < 4.78 is 47.9. The molecule has 4 aliphatic heterocycles. The number of fused-ring (bicyclic) bond motifs is 2. The average molecular weight is 803 g/mol. The first-order valence-corrected chi connectivity index (χ1v) is 19.2. The second kappa shape index (κ2) is 15.4. The number of ether oxygens (including phenoxy) is 1. The molecule has 0 aliphatic carbocycles. The molecule has 0 saturated carbocycles.